The lowest BCUT2D eigenvalue weighted by Crippen LogP contribution is -2.32. The molecule has 0 radical (unpaired) electrons. The third-order valence-corrected chi connectivity index (χ3v) is 2.59. The number of hydrogen-bond donors (Lipinski definition) is 1. The first-order valence-corrected chi connectivity index (χ1v) is 5.01. The van der Waals surface area contributed by atoms with E-state index in [4.69, 9.17) is 12.2 Å². The maximum absolute atomic E-state index is 13.0. The number of halogens is 4. The van der Waals surface area contributed by atoms with Gasteiger partial charge in [-0.05, 0) is 18.3 Å². The Morgan fingerprint density at radius 3 is 2.82 bits per heavy atom. The average molecular weight is 265 g/mol. The summed E-state index contributed by atoms with van der Waals surface area (Å²) in [6.45, 7) is -1.16. The lowest BCUT2D eigenvalue weighted by Gasteiger charge is -2.16. The van der Waals surface area contributed by atoms with Crippen molar-refractivity contribution in [3.8, 4) is 0 Å². The molecule has 1 N–H and O–H groups in total. The fourth-order valence-electron chi connectivity index (χ4n) is 1.45. The summed E-state index contributed by atoms with van der Waals surface area (Å²) in [4.78, 5) is 6.40. The summed E-state index contributed by atoms with van der Waals surface area (Å²) in [5.74, 6) is -4.11. The minimum absolute atomic E-state index is 0.0340. The van der Waals surface area contributed by atoms with E-state index in [1.54, 1.807) is 0 Å². The van der Waals surface area contributed by atoms with Crippen molar-refractivity contribution >= 4 is 23.3 Å². The Morgan fingerprint density at radius 2 is 2.18 bits per heavy atom. The molecule has 0 aliphatic carbocycles. The maximum atomic E-state index is 13.0. The SMILES string of the molecule is FC(F)C(F)(F)Cn1c(=S)[nH]c2cnccc21. The Balaban J connectivity index is 2.49. The summed E-state index contributed by atoms with van der Waals surface area (Å²) in [5, 5.41) is 0. The van der Waals surface area contributed by atoms with Crippen molar-refractivity contribution < 1.29 is 17.6 Å². The number of nitrogens with one attached hydrogen (secondary N) is 1. The first-order valence-electron chi connectivity index (χ1n) is 4.60. The van der Waals surface area contributed by atoms with Crippen LogP contribution in [-0.4, -0.2) is 26.9 Å². The Bertz CT molecular complexity index is 589. The van der Waals surface area contributed by atoms with Crippen molar-refractivity contribution in [1.82, 2.24) is 14.5 Å². The molecule has 0 amide bonds. The molecule has 17 heavy (non-hydrogen) atoms. The summed E-state index contributed by atoms with van der Waals surface area (Å²) in [7, 11) is 0. The van der Waals surface area contributed by atoms with Crippen LogP contribution in [0.25, 0.3) is 11.0 Å². The molecule has 0 atom stereocenters. The molecule has 0 aliphatic heterocycles. The van der Waals surface area contributed by atoms with Gasteiger partial charge in [0.25, 0.3) is 0 Å². The molecule has 0 aliphatic rings. The van der Waals surface area contributed by atoms with E-state index < -0.39 is 18.9 Å². The van der Waals surface area contributed by atoms with Gasteiger partial charge in [-0.1, -0.05) is 0 Å². The normalized spacial score (nSPS) is 12.5. The van der Waals surface area contributed by atoms with Crippen molar-refractivity contribution in [2.75, 3.05) is 0 Å². The number of aromatic nitrogens is 3. The number of H-pyrrole nitrogens is 1. The van der Waals surface area contributed by atoms with Gasteiger partial charge in [0.1, 0.15) is 0 Å². The lowest BCUT2D eigenvalue weighted by atomic mass is 10.3. The second-order valence-electron chi connectivity index (χ2n) is 3.47. The van der Waals surface area contributed by atoms with E-state index in [1.165, 1.54) is 18.5 Å². The average Bonchev–Trinajstić information content (AvgIpc) is 2.55. The van der Waals surface area contributed by atoms with Crippen LogP contribution in [0.1, 0.15) is 0 Å². The van der Waals surface area contributed by atoms with E-state index in [0.29, 0.717) is 11.0 Å². The Kier molecular flexibility index (Phi) is 2.90. The lowest BCUT2D eigenvalue weighted by molar-refractivity contribution is -0.137. The van der Waals surface area contributed by atoms with Gasteiger partial charge in [-0.15, -0.1) is 0 Å². The minimum Gasteiger partial charge on any atom is -0.329 e. The van der Waals surface area contributed by atoms with Crippen LogP contribution < -0.4 is 0 Å². The molecule has 0 unspecified atom stereocenters. The van der Waals surface area contributed by atoms with Crippen molar-refractivity contribution in [3.05, 3.63) is 23.2 Å². The molecule has 0 aromatic carbocycles. The van der Waals surface area contributed by atoms with Crippen LogP contribution in [0, 0.1) is 4.77 Å². The molecule has 2 aromatic rings. The highest BCUT2D eigenvalue weighted by atomic mass is 32.1. The Morgan fingerprint density at radius 1 is 1.47 bits per heavy atom. The van der Waals surface area contributed by atoms with Crippen LogP contribution in [0.4, 0.5) is 17.6 Å². The van der Waals surface area contributed by atoms with E-state index in [-0.39, 0.29) is 4.77 Å². The molecule has 0 spiro atoms. The molecule has 92 valence electrons. The fraction of sp³-hybridized carbons (Fsp3) is 0.333. The molecule has 0 saturated carbocycles. The number of alkyl halides is 4. The van der Waals surface area contributed by atoms with Crippen molar-refractivity contribution in [2.45, 2.75) is 18.9 Å². The van der Waals surface area contributed by atoms with Crippen molar-refractivity contribution in [3.63, 3.8) is 0 Å². The zero-order chi connectivity index (χ0) is 12.6. The van der Waals surface area contributed by atoms with Crippen LogP contribution in [0.2, 0.25) is 0 Å². The fourth-order valence-corrected chi connectivity index (χ4v) is 1.72. The topological polar surface area (TPSA) is 33.6 Å². The minimum atomic E-state index is -4.11. The smallest absolute Gasteiger partial charge is 0.324 e. The van der Waals surface area contributed by atoms with E-state index in [0.717, 1.165) is 4.57 Å². The maximum Gasteiger partial charge on any atom is 0.324 e. The Labute approximate surface area is 98.1 Å². The number of aromatic amines is 1. The van der Waals surface area contributed by atoms with E-state index in [9.17, 15) is 17.6 Å². The predicted molar refractivity (Wildman–Crippen MR) is 55.9 cm³/mol. The van der Waals surface area contributed by atoms with Gasteiger partial charge in [-0.2, -0.15) is 8.78 Å². The molecule has 0 bridgehead atoms. The van der Waals surface area contributed by atoms with Crippen LogP contribution in [0.3, 0.4) is 0 Å². The standard InChI is InChI=1S/C9H7F4N3S/c10-7(11)9(12,13)4-16-6-1-2-14-3-5(6)15-8(16)17/h1-3,7H,4H2,(H,15,17). The second-order valence-corrected chi connectivity index (χ2v) is 3.86. The van der Waals surface area contributed by atoms with Crippen LogP contribution in [-0.2, 0) is 6.54 Å². The highest BCUT2D eigenvalue weighted by Crippen LogP contribution is 2.26. The quantitative estimate of drug-likeness (QED) is 0.683. The summed E-state index contributed by atoms with van der Waals surface area (Å²) < 4.78 is 51.1. The number of pyridine rings is 1. The summed E-state index contributed by atoms with van der Waals surface area (Å²) in [6, 6.07) is 1.43. The predicted octanol–water partition coefficient (Wildman–Crippen LogP) is 2.99. The molecule has 2 heterocycles. The zero-order valence-corrected chi connectivity index (χ0v) is 9.15. The van der Waals surface area contributed by atoms with E-state index >= 15 is 0 Å². The second kappa shape index (κ2) is 4.10. The van der Waals surface area contributed by atoms with Crippen LogP contribution in [0.15, 0.2) is 18.5 Å². The largest absolute Gasteiger partial charge is 0.329 e. The molecular weight excluding hydrogens is 258 g/mol. The third kappa shape index (κ3) is 2.17. The van der Waals surface area contributed by atoms with Crippen molar-refractivity contribution in [2.24, 2.45) is 0 Å². The third-order valence-electron chi connectivity index (χ3n) is 2.26. The number of imidazole rings is 1. The molecule has 0 saturated heterocycles. The highest BCUT2D eigenvalue weighted by molar-refractivity contribution is 7.71. The molecule has 2 rings (SSSR count). The number of hydrogen-bond acceptors (Lipinski definition) is 2. The number of nitrogens with zero attached hydrogens (tertiary/aromatic N) is 2. The summed E-state index contributed by atoms with van der Waals surface area (Å²) in [5.41, 5.74) is 0.757. The van der Waals surface area contributed by atoms with Crippen LogP contribution in [0.5, 0.6) is 0 Å². The first-order chi connectivity index (χ1) is 7.92. The van der Waals surface area contributed by atoms with Gasteiger partial charge in [0, 0.05) is 6.20 Å². The van der Waals surface area contributed by atoms with Gasteiger partial charge in [0.15, 0.2) is 4.77 Å². The van der Waals surface area contributed by atoms with Gasteiger partial charge in [0.2, 0.25) is 0 Å². The molecule has 2 aromatic heterocycles. The van der Waals surface area contributed by atoms with E-state index in [2.05, 4.69) is 9.97 Å². The van der Waals surface area contributed by atoms with E-state index in [1.807, 2.05) is 0 Å². The Hall–Kier alpha value is -1.44. The molecule has 8 heteroatoms. The highest BCUT2D eigenvalue weighted by Gasteiger charge is 2.41. The number of fused-ring (bicyclic) bond motifs is 1. The number of rotatable bonds is 3. The van der Waals surface area contributed by atoms with Gasteiger partial charge in [-0.3, -0.25) is 4.98 Å². The van der Waals surface area contributed by atoms with Gasteiger partial charge < -0.3 is 9.55 Å². The van der Waals surface area contributed by atoms with Crippen LogP contribution >= 0.6 is 12.2 Å². The van der Waals surface area contributed by atoms with Gasteiger partial charge in [-0.25, -0.2) is 8.78 Å². The van der Waals surface area contributed by atoms with Gasteiger partial charge in [0.05, 0.1) is 23.8 Å². The molecule has 3 nitrogen and oxygen atoms in total. The summed E-state index contributed by atoms with van der Waals surface area (Å²) >= 11 is 4.81. The summed E-state index contributed by atoms with van der Waals surface area (Å²) in [6.07, 6.45) is -0.958. The molecular formula is C9H7F4N3S. The van der Waals surface area contributed by atoms with Gasteiger partial charge >= 0.3 is 12.3 Å². The monoisotopic (exact) mass is 265 g/mol. The van der Waals surface area contributed by atoms with Crippen molar-refractivity contribution in [1.29, 1.82) is 0 Å². The zero-order valence-electron chi connectivity index (χ0n) is 8.33. The molecule has 0 fully saturated rings. The first kappa shape index (κ1) is 12.0.